The van der Waals surface area contributed by atoms with Crippen LogP contribution in [0, 0.1) is 0 Å². The maximum atomic E-state index is 13.7. The molecular weight excluding hydrogens is 412 g/mol. The first-order chi connectivity index (χ1) is 16.1. The van der Waals surface area contributed by atoms with Crippen LogP contribution in [0.3, 0.4) is 0 Å². The number of carbonyl (C=O) groups excluding carboxylic acids is 1. The Morgan fingerprint density at radius 1 is 1.03 bits per heavy atom. The predicted octanol–water partition coefficient (Wildman–Crippen LogP) is 5.27. The highest BCUT2D eigenvalue weighted by Crippen LogP contribution is 2.32. The van der Waals surface area contributed by atoms with E-state index >= 15 is 0 Å². The molecule has 0 N–H and O–H groups in total. The maximum absolute atomic E-state index is 13.7. The monoisotopic (exact) mass is 448 g/mol. The van der Waals surface area contributed by atoms with Crippen molar-refractivity contribution in [3.05, 3.63) is 65.2 Å². The summed E-state index contributed by atoms with van der Waals surface area (Å²) in [5, 5.41) is 0. The lowest BCUT2D eigenvalue weighted by molar-refractivity contribution is 0.0630. The van der Waals surface area contributed by atoms with Crippen LogP contribution in [0.2, 0.25) is 0 Å². The highest BCUT2D eigenvalue weighted by atomic mass is 16.5. The van der Waals surface area contributed by atoms with E-state index in [9.17, 15) is 4.79 Å². The summed E-state index contributed by atoms with van der Waals surface area (Å²) in [6, 6.07) is 16.9. The number of hydrogen-bond acceptors (Lipinski definition) is 4. The van der Waals surface area contributed by atoms with Crippen molar-refractivity contribution in [3.63, 3.8) is 0 Å². The average molecular weight is 449 g/mol. The van der Waals surface area contributed by atoms with Crippen molar-refractivity contribution < 1.29 is 14.3 Å². The van der Waals surface area contributed by atoms with E-state index in [2.05, 4.69) is 30.0 Å². The van der Waals surface area contributed by atoms with Gasteiger partial charge in [-0.15, -0.1) is 0 Å². The molecule has 0 aromatic heterocycles. The minimum Gasteiger partial charge on any atom is -0.493 e. The summed E-state index contributed by atoms with van der Waals surface area (Å²) in [6.45, 7) is 4.63. The van der Waals surface area contributed by atoms with Crippen molar-refractivity contribution in [2.45, 2.75) is 51.1 Å². The quantitative estimate of drug-likeness (QED) is 0.524. The van der Waals surface area contributed by atoms with Gasteiger partial charge in [-0.05, 0) is 62.9 Å². The zero-order valence-corrected chi connectivity index (χ0v) is 20.1. The molecule has 1 aliphatic heterocycles. The predicted molar refractivity (Wildman–Crippen MR) is 133 cm³/mol. The van der Waals surface area contributed by atoms with Crippen LogP contribution < -0.4 is 9.47 Å². The van der Waals surface area contributed by atoms with Gasteiger partial charge >= 0.3 is 0 Å². The maximum Gasteiger partial charge on any atom is 0.254 e. The molecule has 0 spiro atoms. The Balaban J connectivity index is 1.57. The molecule has 2 aromatic carbocycles. The van der Waals surface area contributed by atoms with Crippen LogP contribution in [0.5, 0.6) is 11.5 Å². The zero-order chi connectivity index (χ0) is 23.2. The molecule has 5 nitrogen and oxygen atoms in total. The number of carbonyl (C=O) groups is 1. The van der Waals surface area contributed by atoms with Gasteiger partial charge in [0, 0.05) is 30.7 Å². The van der Waals surface area contributed by atoms with Crippen molar-refractivity contribution in [3.8, 4) is 11.5 Å². The number of likely N-dealkylation sites (tertiary alicyclic amines) is 1. The number of rotatable bonds is 9. The fourth-order valence-corrected chi connectivity index (χ4v) is 5.06. The van der Waals surface area contributed by atoms with E-state index < -0.39 is 0 Å². The van der Waals surface area contributed by atoms with Crippen LogP contribution in [0.4, 0.5) is 0 Å². The lowest BCUT2D eigenvalue weighted by Crippen LogP contribution is -2.49. The minimum absolute atomic E-state index is 0.0391. The van der Waals surface area contributed by atoms with Gasteiger partial charge in [0.2, 0.25) is 0 Å². The third kappa shape index (κ3) is 5.59. The molecule has 1 saturated carbocycles. The van der Waals surface area contributed by atoms with E-state index in [1.54, 1.807) is 20.3 Å². The smallest absolute Gasteiger partial charge is 0.254 e. The Morgan fingerprint density at radius 2 is 1.79 bits per heavy atom. The number of amides is 1. The molecule has 5 heteroatoms. The van der Waals surface area contributed by atoms with Crippen molar-refractivity contribution in [2.24, 2.45) is 0 Å². The molecule has 1 amide bonds. The largest absolute Gasteiger partial charge is 0.493 e. The van der Waals surface area contributed by atoms with Crippen LogP contribution in [-0.4, -0.2) is 61.6 Å². The highest BCUT2D eigenvalue weighted by molar-refractivity contribution is 5.95. The Hall–Kier alpha value is -2.79. The van der Waals surface area contributed by atoms with E-state index in [1.807, 2.05) is 35.2 Å². The van der Waals surface area contributed by atoms with E-state index in [0.717, 1.165) is 25.1 Å². The van der Waals surface area contributed by atoms with Crippen molar-refractivity contribution in [1.82, 2.24) is 9.80 Å². The standard InChI is InChI=1S/C28H36N2O3/c1-21(17-22-9-5-4-6-10-22)19-29(20-25-13-8-16-30(25)24-11-7-12-24)28(31)23-14-15-26(32-2)27(18-23)33-3/h4-6,9-10,14-15,17-18,24-25H,7-8,11-13,16,19-20H2,1-3H3/b21-17+. The van der Waals surface area contributed by atoms with Crippen molar-refractivity contribution >= 4 is 12.0 Å². The molecule has 1 heterocycles. The van der Waals surface area contributed by atoms with E-state index in [-0.39, 0.29) is 5.91 Å². The van der Waals surface area contributed by atoms with Crippen LogP contribution in [0.1, 0.15) is 54.9 Å². The summed E-state index contributed by atoms with van der Waals surface area (Å²) in [4.78, 5) is 18.4. The van der Waals surface area contributed by atoms with Gasteiger partial charge in [-0.3, -0.25) is 9.69 Å². The highest BCUT2D eigenvalue weighted by Gasteiger charge is 2.35. The molecule has 1 unspecified atom stereocenters. The first-order valence-corrected chi connectivity index (χ1v) is 12.1. The Kier molecular flexibility index (Phi) is 7.71. The molecular formula is C28H36N2O3. The molecule has 1 saturated heterocycles. The summed E-state index contributed by atoms with van der Waals surface area (Å²) in [5.41, 5.74) is 2.96. The first kappa shape index (κ1) is 23.4. The van der Waals surface area contributed by atoms with E-state index in [4.69, 9.17) is 9.47 Å². The van der Waals surface area contributed by atoms with Gasteiger partial charge in [0.05, 0.1) is 14.2 Å². The van der Waals surface area contributed by atoms with Gasteiger partial charge in [-0.2, -0.15) is 0 Å². The van der Waals surface area contributed by atoms with Crippen LogP contribution >= 0.6 is 0 Å². The Morgan fingerprint density at radius 3 is 2.45 bits per heavy atom. The van der Waals surface area contributed by atoms with Gasteiger partial charge in [0.15, 0.2) is 11.5 Å². The molecule has 33 heavy (non-hydrogen) atoms. The number of ether oxygens (including phenoxy) is 2. The minimum atomic E-state index is 0.0391. The fraction of sp³-hybridized carbons (Fsp3) is 0.464. The summed E-state index contributed by atoms with van der Waals surface area (Å²) >= 11 is 0. The lowest BCUT2D eigenvalue weighted by atomic mass is 9.91. The SMILES string of the molecule is COc1ccc(C(=O)N(C/C(C)=C/c2ccccc2)CC2CCCN2C2CCC2)cc1OC. The first-order valence-electron chi connectivity index (χ1n) is 12.1. The number of methoxy groups -OCH3 is 2. The summed E-state index contributed by atoms with van der Waals surface area (Å²) in [6.07, 6.45) is 8.49. The number of nitrogens with zero attached hydrogens (tertiary/aromatic N) is 2. The van der Waals surface area contributed by atoms with Crippen LogP contribution in [-0.2, 0) is 0 Å². The lowest BCUT2D eigenvalue weighted by Gasteiger charge is -2.40. The molecule has 2 aliphatic rings. The van der Waals surface area contributed by atoms with Gasteiger partial charge < -0.3 is 14.4 Å². The molecule has 1 aliphatic carbocycles. The molecule has 2 aromatic rings. The van der Waals surface area contributed by atoms with Crippen molar-refractivity contribution in [2.75, 3.05) is 33.9 Å². The zero-order valence-electron chi connectivity index (χ0n) is 20.1. The third-order valence-electron chi connectivity index (χ3n) is 6.97. The summed E-state index contributed by atoms with van der Waals surface area (Å²) in [7, 11) is 3.21. The fourth-order valence-electron chi connectivity index (χ4n) is 5.06. The van der Waals surface area contributed by atoms with Gasteiger partial charge in [-0.25, -0.2) is 0 Å². The molecule has 4 rings (SSSR count). The third-order valence-corrected chi connectivity index (χ3v) is 6.97. The second-order valence-corrected chi connectivity index (χ2v) is 9.28. The number of benzene rings is 2. The van der Waals surface area contributed by atoms with Crippen LogP contribution in [0.15, 0.2) is 54.1 Å². The molecule has 176 valence electrons. The topological polar surface area (TPSA) is 42.0 Å². The summed E-state index contributed by atoms with van der Waals surface area (Å²) in [5.74, 6) is 1.25. The van der Waals surface area contributed by atoms with Gasteiger partial charge in [-0.1, -0.05) is 48.4 Å². The molecule has 0 radical (unpaired) electrons. The van der Waals surface area contributed by atoms with Crippen LogP contribution in [0.25, 0.3) is 6.08 Å². The number of hydrogen-bond donors (Lipinski definition) is 0. The second-order valence-electron chi connectivity index (χ2n) is 9.28. The average Bonchev–Trinajstić information content (AvgIpc) is 3.24. The normalized spacial score (nSPS) is 19.2. The van der Waals surface area contributed by atoms with Gasteiger partial charge in [0.1, 0.15) is 0 Å². The molecule has 2 fully saturated rings. The van der Waals surface area contributed by atoms with Crippen molar-refractivity contribution in [1.29, 1.82) is 0 Å². The Bertz CT molecular complexity index is 968. The Labute approximate surface area is 198 Å². The van der Waals surface area contributed by atoms with E-state index in [0.29, 0.717) is 35.7 Å². The summed E-state index contributed by atoms with van der Waals surface area (Å²) < 4.78 is 10.8. The van der Waals surface area contributed by atoms with Gasteiger partial charge in [0.25, 0.3) is 5.91 Å². The van der Waals surface area contributed by atoms with E-state index in [1.165, 1.54) is 31.3 Å². The molecule has 1 atom stereocenters. The molecule has 0 bridgehead atoms. The second kappa shape index (κ2) is 10.9.